The van der Waals surface area contributed by atoms with Gasteiger partial charge in [0.1, 0.15) is 0 Å². The number of likely N-dealkylation sites (tertiary alicyclic amines) is 1. The van der Waals surface area contributed by atoms with E-state index in [0.29, 0.717) is 12.1 Å². The Kier molecular flexibility index (Phi) is 9.70. The molecule has 2 amide bonds. The molecule has 2 N–H and O–H groups in total. The van der Waals surface area contributed by atoms with Crippen LogP contribution in [-0.4, -0.2) is 66.0 Å². The van der Waals surface area contributed by atoms with Crippen LogP contribution in [0.25, 0.3) is 0 Å². The molecule has 0 bridgehead atoms. The van der Waals surface area contributed by atoms with Crippen molar-refractivity contribution in [1.82, 2.24) is 19.8 Å². The zero-order valence-electron chi connectivity index (χ0n) is 18.5. The zero-order chi connectivity index (χ0) is 22.1. The van der Waals surface area contributed by atoms with Gasteiger partial charge in [0, 0.05) is 25.2 Å². The first kappa shape index (κ1) is 24.3. The van der Waals surface area contributed by atoms with E-state index >= 15 is 0 Å². The first-order valence-electron chi connectivity index (χ1n) is 10.4. The normalized spacial score (nSPS) is 16.1. The lowest BCUT2D eigenvalue weighted by atomic mass is 9.95. The van der Waals surface area contributed by atoms with E-state index < -0.39 is 0 Å². The molecule has 0 radical (unpaired) electrons. The third-order valence-electron chi connectivity index (χ3n) is 5.92. The van der Waals surface area contributed by atoms with Crippen molar-refractivity contribution >= 4 is 23.8 Å². The van der Waals surface area contributed by atoms with Gasteiger partial charge in [0.2, 0.25) is 11.8 Å². The number of nitrogens with one attached hydrogen (secondary N) is 2. The molecule has 0 spiro atoms. The number of terminal acetylenes is 1. The van der Waals surface area contributed by atoms with Crippen molar-refractivity contribution in [2.24, 2.45) is 0 Å². The van der Waals surface area contributed by atoms with Crippen molar-refractivity contribution in [2.75, 3.05) is 39.0 Å². The summed E-state index contributed by atoms with van der Waals surface area (Å²) in [5.74, 6) is 1.92. The van der Waals surface area contributed by atoms with E-state index in [1.807, 2.05) is 6.26 Å². The standard InChI is InChI=1S/C23H34N4O2S/c1-6-12-24-22(28)15-25-23(29)16-27(30-5)20-10-13-26(14-11-20)19(4)21-9-7-8-17(2)18(21)3/h1,7-9,19-20H,10-16H2,2-5H3,(H,24,28)(H,25,29). The second-order valence-corrected chi connectivity index (χ2v) is 8.58. The minimum absolute atomic E-state index is 0.0471. The quantitative estimate of drug-likeness (QED) is 0.465. The number of hydrogen-bond donors (Lipinski definition) is 2. The van der Waals surface area contributed by atoms with Crippen molar-refractivity contribution in [3.05, 3.63) is 34.9 Å². The molecule has 1 atom stereocenters. The molecule has 6 nitrogen and oxygen atoms in total. The molecule has 0 aromatic heterocycles. The zero-order valence-corrected chi connectivity index (χ0v) is 19.3. The van der Waals surface area contributed by atoms with E-state index in [-0.39, 0.29) is 31.4 Å². The Morgan fingerprint density at radius 2 is 1.97 bits per heavy atom. The van der Waals surface area contributed by atoms with Gasteiger partial charge in [-0.2, -0.15) is 0 Å². The summed E-state index contributed by atoms with van der Waals surface area (Å²) in [5.41, 5.74) is 4.11. The summed E-state index contributed by atoms with van der Waals surface area (Å²) < 4.78 is 2.13. The van der Waals surface area contributed by atoms with E-state index in [1.165, 1.54) is 16.7 Å². The van der Waals surface area contributed by atoms with Gasteiger partial charge in [-0.05, 0) is 56.6 Å². The fraction of sp³-hybridized carbons (Fsp3) is 0.565. The Balaban J connectivity index is 1.83. The van der Waals surface area contributed by atoms with Crippen LogP contribution in [0.3, 0.4) is 0 Å². The maximum absolute atomic E-state index is 12.3. The molecule has 0 saturated carbocycles. The van der Waals surface area contributed by atoms with Gasteiger partial charge in [0.05, 0.1) is 19.6 Å². The Labute approximate surface area is 185 Å². The van der Waals surface area contributed by atoms with Crippen molar-refractivity contribution in [2.45, 2.75) is 45.7 Å². The topological polar surface area (TPSA) is 64.7 Å². The molecular weight excluding hydrogens is 396 g/mol. The van der Waals surface area contributed by atoms with Gasteiger partial charge in [-0.1, -0.05) is 36.1 Å². The van der Waals surface area contributed by atoms with Crippen LogP contribution < -0.4 is 10.6 Å². The monoisotopic (exact) mass is 430 g/mol. The smallest absolute Gasteiger partial charge is 0.240 e. The maximum atomic E-state index is 12.3. The molecule has 1 aliphatic rings. The molecule has 0 aliphatic carbocycles. The summed E-state index contributed by atoms with van der Waals surface area (Å²) in [5, 5.41) is 5.21. The number of rotatable bonds is 9. The second-order valence-electron chi connectivity index (χ2n) is 7.75. The number of carbonyl (C=O) groups is 2. The largest absolute Gasteiger partial charge is 0.346 e. The third-order valence-corrected chi connectivity index (χ3v) is 6.81. The van der Waals surface area contributed by atoms with Gasteiger partial charge in [-0.25, -0.2) is 4.31 Å². The highest BCUT2D eigenvalue weighted by molar-refractivity contribution is 7.96. The molecule has 1 aromatic carbocycles. The fourth-order valence-electron chi connectivity index (χ4n) is 3.92. The first-order valence-corrected chi connectivity index (χ1v) is 11.6. The number of piperidine rings is 1. The predicted octanol–water partition coefficient (Wildman–Crippen LogP) is 2.27. The van der Waals surface area contributed by atoms with Crippen LogP contribution in [-0.2, 0) is 9.59 Å². The first-order chi connectivity index (χ1) is 14.4. The fourth-order valence-corrected chi connectivity index (χ4v) is 4.67. The molecule has 7 heteroatoms. The van der Waals surface area contributed by atoms with Gasteiger partial charge in [0.25, 0.3) is 0 Å². The van der Waals surface area contributed by atoms with Crippen LogP contribution in [0.2, 0.25) is 0 Å². The molecule has 1 aromatic rings. The predicted molar refractivity (Wildman–Crippen MR) is 124 cm³/mol. The third kappa shape index (κ3) is 6.76. The number of hydrogen-bond acceptors (Lipinski definition) is 5. The minimum atomic E-state index is -0.272. The number of nitrogens with zero attached hydrogens (tertiary/aromatic N) is 2. The van der Waals surface area contributed by atoms with Gasteiger partial charge in [-0.3, -0.25) is 14.5 Å². The highest BCUT2D eigenvalue weighted by Crippen LogP contribution is 2.30. The SMILES string of the molecule is C#CCNC(=O)CNC(=O)CN(SC)C1CCN(C(C)c2cccc(C)c2C)CC1. The van der Waals surface area contributed by atoms with Crippen LogP contribution in [0.5, 0.6) is 0 Å². The Morgan fingerprint density at radius 1 is 1.27 bits per heavy atom. The lowest BCUT2D eigenvalue weighted by Crippen LogP contribution is -2.47. The minimum Gasteiger partial charge on any atom is -0.346 e. The van der Waals surface area contributed by atoms with Crippen molar-refractivity contribution in [3.63, 3.8) is 0 Å². The summed E-state index contributed by atoms with van der Waals surface area (Å²) in [6.45, 7) is 9.07. The Hall–Kier alpha value is -2.01. The van der Waals surface area contributed by atoms with Crippen LogP contribution >= 0.6 is 11.9 Å². The molecular formula is C23H34N4O2S. The van der Waals surface area contributed by atoms with Crippen LogP contribution in [0.1, 0.15) is 42.5 Å². The highest BCUT2D eigenvalue weighted by atomic mass is 32.2. The number of benzene rings is 1. The van der Waals surface area contributed by atoms with Gasteiger partial charge in [-0.15, -0.1) is 6.42 Å². The number of amides is 2. The lowest BCUT2D eigenvalue weighted by molar-refractivity contribution is -0.126. The summed E-state index contributed by atoms with van der Waals surface area (Å²) in [6.07, 6.45) is 9.15. The Bertz CT molecular complexity index is 769. The van der Waals surface area contributed by atoms with E-state index in [0.717, 1.165) is 25.9 Å². The molecule has 1 heterocycles. The maximum Gasteiger partial charge on any atom is 0.240 e. The average molecular weight is 431 g/mol. The van der Waals surface area contributed by atoms with Gasteiger partial charge >= 0.3 is 0 Å². The van der Waals surface area contributed by atoms with Crippen LogP contribution in [0.15, 0.2) is 18.2 Å². The molecule has 1 aliphatic heterocycles. The summed E-state index contributed by atoms with van der Waals surface area (Å²) >= 11 is 1.59. The highest BCUT2D eigenvalue weighted by Gasteiger charge is 2.28. The van der Waals surface area contributed by atoms with Gasteiger partial charge in [0.15, 0.2) is 0 Å². The average Bonchev–Trinajstić information content (AvgIpc) is 2.76. The van der Waals surface area contributed by atoms with Crippen LogP contribution in [0, 0.1) is 26.2 Å². The van der Waals surface area contributed by atoms with Crippen molar-refractivity contribution in [1.29, 1.82) is 0 Å². The summed E-state index contributed by atoms with van der Waals surface area (Å²) in [6, 6.07) is 7.28. The van der Waals surface area contributed by atoms with Gasteiger partial charge < -0.3 is 10.6 Å². The molecule has 30 heavy (non-hydrogen) atoms. The van der Waals surface area contributed by atoms with E-state index in [2.05, 4.69) is 64.7 Å². The van der Waals surface area contributed by atoms with Crippen LogP contribution in [0.4, 0.5) is 0 Å². The van der Waals surface area contributed by atoms with E-state index in [4.69, 9.17) is 6.42 Å². The number of carbonyl (C=O) groups excluding carboxylic acids is 2. The summed E-state index contributed by atoms with van der Waals surface area (Å²) in [4.78, 5) is 26.4. The molecule has 164 valence electrons. The lowest BCUT2D eigenvalue weighted by Gasteiger charge is -2.40. The number of aryl methyl sites for hydroxylation is 1. The summed E-state index contributed by atoms with van der Waals surface area (Å²) in [7, 11) is 0. The molecule has 1 saturated heterocycles. The van der Waals surface area contributed by atoms with E-state index in [9.17, 15) is 9.59 Å². The second kappa shape index (κ2) is 12.0. The molecule has 1 unspecified atom stereocenters. The Morgan fingerprint density at radius 3 is 2.60 bits per heavy atom. The molecule has 1 fully saturated rings. The molecule has 2 rings (SSSR count). The van der Waals surface area contributed by atoms with E-state index in [1.54, 1.807) is 11.9 Å². The van der Waals surface area contributed by atoms with Crippen molar-refractivity contribution < 1.29 is 9.59 Å². The van der Waals surface area contributed by atoms with Crippen molar-refractivity contribution in [3.8, 4) is 12.3 Å².